The second-order valence-corrected chi connectivity index (χ2v) is 4.52. The van der Waals surface area contributed by atoms with Gasteiger partial charge in [0.1, 0.15) is 6.04 Å². The summed E-state index contributed by atoms with van der Waals surface area (Å²) >= 11 is 0. The van der Waals surface area contributed by atoms with Crippen LogP contribution < -0.4 is 5.73 Å². The van der Waals surface area contributed by atoms with Crippen LogP contribution >= 0.6 is 0 Å². The van der Waals surface area contributed by atoms with Crippen LogP contribution in [0, 0.1) is 12.3 Å². The van der Waals surface area contributed by atoms with Crippen molar-refractivity contribution < 1.29 is 19.1 Å². The molecule has 1 aromatic carbocycles. The van der Waals surface area contributed by atoms with E-state index in [0.717, 1.165) is 24.0 Å². The van der Waals surface area contributed by atoms with Gasteiger partial charge in [-0.1, -0.05) is 31.4 Å². The zero-order valence-corrected chi connectivity index (χ0v) is 12.0. The molecule has 0 aliphatic heterocycles. The molecule has 21 heavy (non-hydrogen) atoms. The zero-order valence-electron chi connectivity index (χ0n) is 12.0. The quantitative estimate of drug-likeness (QED) is 0.375. The Balaban J connectivity index is 2.43. The number of ether oxygens (including phenoxy) is 2. The Bertz CT molecular complexity index is 516. The van der Waals surface area contributed by atoms with Crippen LogP contribution in [0.4, 0.5) is 4.79 Å². The molecule has 0 fully saturated rings. The molecule has 0 radical (unpaired) electrons. The first kappa shape index (κ1) is 16.7. The van der Waals surface area contributed by atoms with Gasteiger partial charge in [0, 0.05) is 5.56 Å². The van der Waals surface area contributed by atoms with Crippen molar-refractivity contribution in [2.24, 2.45) is 5.73 Å². The molecule has 0 saturated heterocycles. The SMILES string of the molecule is C#Cc1ccc(C[C@H](N)C(=O)OC(=O)OCCCC)cc1. The minimum atomic E-state index is -1.01. The molecule has 0 heterocycles. The Kier molecular flexibility index (Phi) is 6.99. The van der Waals surface area contributed by atoms with E-state index in [1.54, 1.807) is 24.3 Å². The summed E-state index contributed by atoms with van der Waals surface area (Å²) in [5.41, 5.74) is 7.28. The normalized spacial score (nSPS) is 11.3. The minimum absolute atomic E-state index is 0.228. The van der Waals surface area contributed by atoms with Crippen molar-refractivity contribution in [1.82, 2.24) is 0 Å². The van der Waals surface area contributed by atoms with Gasteiger partial charge in [0.2, 0.25) is 0 Å². The molecule has 112 valence electrons. The van der Waals surface area contributed by atoms with Crippen LogP contribution in [0.2, 0.25) is 0 Å². The summed E-state index contributed by atoms with van der Waals surface area (Å²) in [5, 5.41) is 0. The van der Waals surface area contributed by atoms with Crippen LogP contribution in [0.3, 0.4) is 0 Å². The van der Waals surface area contributed by atoms with Crippen molar-refractivity contribution in [3.8, 4) is 12.3 Å². The molecule has 0 bridgehead atoms. The number of esters is 1. The van der Waals surface area contributed by atoms with Crippen LogP contribution in [0.15, 0.2) is 24.3 Å². The molecule has 0 aliphatic rings. The van der Waals surface area contributed by atoms with Crippen LogP contribution in [-0.4, -0.2) is 24.8 Å². The second kappa shape index (κ2) is 8.77. The summed E-state index contributed by atoms with van der Waals surface area (Å²) in [7, 11) is 0. The summed E-state index contributed by atoms with van der Waals surface area (Å²) < 4.78 is 9.24. The summed E-state index contributed by atoms with van der Waals surface area (Å²) in [6, 6.07) is 6.14. The van der Waals surface area contributed by atoms with E-state index in [0.29, 0.717) is 0 Å². The average Bonchev–Trinajstić information content (AvgIpc) is 2.48. The number of carbonyl (C=O) groups is 2. The number of nitrogens with two attached hydrogens (primary N) is 1. The van der Waals surface area contributed by atoms with Crippen molar-refractivity contribution in [3.63, 3.8) is 0 Å². The first-order chi connectivity index (χ1) is 10.1. The van der Waals surface area contributed by atoms with E-state index >= 15 is 0 Å². The van der Waals surface area contributed by atoms with Gasteiger partial charge in [-0.25, -0.2) is 9.59 Å². The lowest BCUT2D eigenvalue weighted by molar-refractivity contribution is -0.141. The molecule has 5 heteroatoms. The highest BCUT2D eigenvalue weighted by Crippen LogP contribution is 2.06. The van der Waals surface area contributed by atoms with E-state index in [2.05, 4.69) is 10.7 Å². The van der Waals surface area contributed by atoms with Gasteiger partial charge in [0.05, 0.1) is 6.61 Å². The average molecular weight is 289 g/mol. The molecule has 0 unspecified atom stereocenters. The molecule has 0 spiro atoms. The van der Waals surface area contributed by atoms with Crippen LogP contribution in [0.25, 0.3) is 0 Å². The van der Waals surface area contributed by atoms with E-state index in [9.17, 15) is 9.59 Å². The third kappa shape index (κ3) is 6.11. The number of carbonyl (C=O) groups excluding carboxylic acids is 2. The van der Waals surface area contributed by atoms with Gasteiger partial charge in [-0.2, -0.15) is 0 Å². The van der Waals surface area contributed by atoms with Gasteiger partial charge in [-0.3, -0.25) is 0 Å². The van der Waals surface area contributed by atoms with Crippen LogP contribution in [0.1, 0.15) is 30.9 Å². The molecule has 1 atom stereocenters. The lowest BCUT2D eigenvalue weighted by Crippen LogP contribution is -2.35. The van der Waals surface area contributed by atoms with E-state index in [1.807, 2.05) is 6.92 Å². The Morgan fingerprint density at radius 1 is 1.33 bits per heavy atom. The molecule has 5 nitrogen and oxygen atoms in total. The number of hydrogen-bond donors (Lipinski definition) is 1. The molecule has 1 rings (SSSR count). The Hall–Kier alpha value is -2.32. The molecule has 0 aliphatic carbocycles. The van der Waals surface area contributed by atoms with Crippen molar-refractivity contribution in [2.45, 2.75) is 32.2 Å². The van der Waals surface area contributed by atoms with Crippen LogP contribution in [-0.2, 0) is 20.7 Å². The molecule has 0 aromatic heterocycles. The van der Waals surface area contributed by atoms with E-state index < -0.39 is 18.2 Å². The van der Waals surface area contributed by atoms with Crippen molar-refractivity contribution in [3.05, 3.63) is 35.4 Å². The number of hydrogen-bond acceptors (Lipinski definition) is 5. The molecular weight excluding hydrogens is 270 g/mol. The number of terminal acetylenes is 1. The predicted octanol–water partition coefficient (Wildman–Crippen LogP) is 2.02. The van der Waals surface area contributed by atoms with Crippen LogP contribution in [0.5, 0.6) is 0 Å². The summed E-state index contributed by atoms with van der Waals surface area (Å²) in [6.45, 7) is 2.19. The maximum Gasteiger partial charge on any atom is 0.516 e. The van der Waals surface area contributed by atoms with Gasteiger partial charge in [-0.15, -0.1) is 6.42 Å². The molecular formula is C16H19NO4. The Labute approximate surface area is 124 Å². The minimum Gasteiger partial charge on any atom is -0.434 e. The maximum atomic E-state index is 11.6. The summed E-state index contributed by atoms with van der Waals surface area (Å²) in [5.74, 6) is 1.69. The monoisotopic (exact) mass is 289 g/mol. The number of unbranched alkanes of at least 4 members (excludes halogenated alkanes) is 1. The Morgan fingerprint density at radius 2 is 2.00 bits per heavy atom. The highest BCUT2D eigenvalue weighted by atomic mass is 16.7. The number of benzene rings is 1. The summed E-state index contributed by atoms with van der Waals surface area (Å²) in [4.78, 5) is 22.9. The standard InChI is InChI=1S/C16H19NO4/c1-3-5-10-20-16(19)21-15(18)14(17)11-13-8-6-12(4-2)7-9-13/h2,6-9,14H,3,5,10-11,17H2,1H3/t14-/m0/s1. The highest BCUT2D eigenvalue weighted by Gasteiger charge is 2.20. The van der Waals surface area contributed by atoms with Crippen molar-refractivity contribution >= 4 is 12.1 Å². The van der Waals surface area contributed by atoms with Gasteiger partial charge in [-0.05, 0) is 30.5 Å². The van der Waals surface area contributed by atoms with Gasteiger partial charge in [0.15, 0.2) is 0 Å². The van der Waals surface area contributed by atoms with Gasteiger partial charge < -0.3 is 15.2 Å². The third-order valence-corrected chi connectivity index (χ3v) is 2.78. The Morgan fingerprint density at radius 3 is 2.57 bits per heavy atom. The zero-order chi connectivity index (χ0) is 15.7. The van der Waals surface area contributed by atoms with E-state index in [4.69, 9.17) is 16.9 Å². The van der Waals surface area contributed by atoms with Gasteiger partial charge >= 0.3 is 12.1 Å². The first-order valence-corrected chi connectivity index (χ1v) is 6.76. The first-order valence-electron chi connectivity index (χ1n) is 6.76. The predicted molar refractivity (Wildman–Crippen MR) is 78.4 cm³/mol. The highest BCUT2D eigenvalue weighted by molar-refractivity contribution is 5.85. The maximum absolute atomic E-state index is 11.6. The fourth-order valence-electron chi connectivity index (χ4n) is 1.56. The molecule has 0 amide bonds. The van der Waals surface area contributed by atoms with E-state index in [1.165, 1.54) is 0 Å². The number of rotatable bonds is 6. The van der Waals surface area contributed by atoms with Crippen molar-refractivity contribution in [1.29, 1.82) is 0 Å². The lowest BCUT2D eigenvalue weighted by atomic mass is 10.1. The molecule has 0 saturated carbocycles. The molecule has 1 aromatic rings. The lowest BCUT2D eigenvalue weighted by Gasteiger charge is -2.10. The second-order valence-electron chi connectivity index (χ2n) is 4.52. The smallest absolute Gasteiger partial charge is 0.434 e. The van der Waals surface area contributed by atoms with Gasteiger partial charge in [0.25, 0.3) is 0 Å². The topological polar surface area (TPSA) is 78.6 Å². The molecule has 2 N–H and O–H groups in total. The fraction of sp³-hybridized carbons (Fsp3) is 0.375. The van der Waals surface area contributed by atoms with E-state index in [-0.39, 0.29) is 13.0 Å². The van der Waals surface area contributed by atoms with Crippen molar-refractivity contribution in [2.75, 3.05) is 6.61 Å². The fourth-order valence-corrected chi connectivity index (χ4v) is 1.56. The largest absolute Gasteiger partial charge is 0.516 e. The summed E-state index contributed by atoms with van der Waals surface area (Å²) in [6.07, 6.45) is 6.10. The third-order valence-electron chi connectivity index (χ3n) is 2.78.